The largest absolute Gasteiger partial charge is 0.341 e. The number of hydrogen-bond donors (Lipinski definition) is 0. The number of aromatic nitrogens is 3. The summed E-state index contributed by atoms with van der Waals surface area (Å²) in [5.41, 5.74) is 3.37. The molecule has 2 aliphatic rings. The molecular weight excluding hydrogens is 434 g/mol. The number of para-hydroxylation sites is 1. The molecule has 168 valence electrons. The number of thioether (sulfide) groups is 1. The van der Waals surface area contributed by atoms with Gasteiger partial charge in [-0.05, 0) is 43.2 Å². The minimum atomic E-state index is -0.380. The number of carbonyl (C=O) groups is 2. The Balaban J connectivity index is 1.40. The molecular formula is C25H25N5O2S. The van der Waals surface area contributed by atoms with Gasteiger partial charge >= 0.3 is 0 Å². The molecule has 0 N–H and O–H groups in total. The fourth-order valence-corrected chi connectivity index (χ4v) is 5.37. The molecule has 2 aromatic heterocycles. The van der Waals surface area contributed by atoms with Crippen LogP contribution in [0.3, 0.4) is 0 Å². The van der Waals surface area contributed by atoms with Crippen molar-refractivity contribution < 1.29 is 9.59 Å². The molecule has 4 heterocycles. The molecule has 0 saturated carbocycles. The van der Waals surface area contributed by atoms with Gasteiger partial charge in [0.05, 0.1) is 11.6 Å². The molecule has 8 heteroatoms. The van der Waals surface area contributed by atoms with E-state index in [1.807, 2.05) is 53.6 Å². The highest BCUT2D eigenvalue weighted by atomic mass is 32.2. The summed E-state index contributed by atoms with van der Waals surface area (Å²) in [6, 6.07) is 13.3. The summed E-state index contributed by atoms with van der Waals surface area (Å²) in [5, 5.41) is 4.76. The van der Waals surface area contributed by atoms with Crippen LogP contribution < -0.4 is 0 Å². The Morgan fingerprint density at radius 3 is 2.64 bits per heavy atom. The van der Waals surface area contributed by atoms with E-state index in [1.165, 1.54) is 0 Å². The van der Waals surface area contributed by atoms with E-state index in [4.69, 9.17) is 5.10 Å². The molecule has 1 unspecified atom stereocenters. The van der Waals surface area contributed by atoms with E-state index in [9.17, 15) is 9.59 Å². The lowest BCUT2D eigenvalue weighted by atomic mass is 10.1. The number of benzene rings is 1. The van der Waals surface area contributed by atoms with Gasteiger partial charge in [0.2, 0.25) is 11.8 Å². The van der Waals surface area contributed by atoms with Crippen molar-refractivity contribution in [2.45, 2.75) is 18.9 Å². The maximum absolute atomic E-state index is 13.1. The minimum absolute atomic E-state index is 0.0761. The molecule has 1 aromatic carbocycles. The number of amides is 2. The Kier molecular flexibility index (Phi) is 6.26. The van der Waals surface area contributed by atoms with Crippen molar-refractivity contribution >= 4 is 29.7 Å². The van der Waals surface area contributed by atoms with Crippen molar-refractivity contribution in [2.75, 3.05) is 24.7 Å². The number of rotatable bonds is 5. The first kappa shape index (κ1) is 21.5. The molecule has 5 rings (SSSR count). The summed E-state index contributed by atoms with van der Waals surface area (Å²) in [6.07, 6.45) is 10.8. The second-order valence-corrected chi connectivity index (χ2v) is 9.14. The molecule has 0 bridgehead atoms. The number of nitrogens with zero attached hydrogens (tertiary/aromatic N) is 5. The van der Waals surface area contributed by atoms with Gasteiger partial charge in [-0.2, -0.15) is 5.10 Å². The zero-order valence-corrected chi connectivity index (χ0v) is 19.0. The highest BCUT2D eigenvalue weighted by Crippen LogP contribution is 2.26. The monoisotopic (exact) mass is 459 g/mol. The topological polar surface area (TPSA) is 71.3 Å². The summed E-state index contributed by atoms with van der Waals surface area (Å²) in [6.45, 7) is 1.59. The zero-order valence-electron chi connectivity index (χ0n) is 18.2. The van der Waals surface area contributed by atoms with Crippen LogP contribution in [0.2, 0.25) is 0 Å². The van der Waals surface area contributed by atoms with Gasteiger partial charge in [0.15, 0.2) is 0 Å². The molecule has 33 heavy (non-hydrogen) atoms. The first-order chi connectivity index (χ1) is 16.2. The van der Waals surface area contributed by atoms with Gasteiger partial charge < -0.3 is 9.80 Å². The van der Waals surface area contributed by atoms with Crippen LogP contribution in [0.25, 0.3) is 23.0 Å². The number of carbonyl (C=O) groups excluding carboxylic acids is 2. The van der Waals surface area contributed by atoms with Crippen molar-refractivity contribution in [1.82, 2.24) is 24.6 Å². The van der Waals surface area contributed by atoms with Gasteiger partial charge in [-0.3, -0.25) is 14.6 Å². The third kappa shape index (κ3) is 4.57. The Morgan fingerprint density at radius 2 is 1.88 bits per heavy atom. The van der Waals surface area contributed by atoms with Crippen LogP contribution in [0.1, 0.15) is 18.4 Å². The van der Waals surface area contributed by atoms with Crippen LogP contribution in [0.5, 0.6) is 0 Å². The van der Waals surface area contributed by atoms with Crippen molar-refractivity contribution in [1.29, 1.82) is 0 Å². The maximum Gasteiger partial charge on any atom is 0.247 e. The summed E-state index contributed by atoms with van der Waals surface area (Å²) in [4.78, 5) is 33.8. The van der Waals surface area contributed by atoms with Crippen LogP contribution in [0.15, 0.2) is 67.1 Å². The van der Waals surface area contributed by atoms with Gasteiger partial charge in [0.25, 0.3) is 0 Å². The fourth-order valence-electron chi connectivity index (χ4n) is 4.22. The Hall–Kier alpha value is -3.39. The Morgan fingerprint density at radius 1 is 1.06 bits per heavy atom. The number of hydrogen-bond acceptors (Lipinski definition) is 5. The molecule has 2 amide bonds. The maximum atomic E-state index is 13.1. The zero-order chi connectivity index (χ0) is 22.6. The third-order valence-electron chi connectivity index (χ3n) is 5.97. The standard InChI is InChI=1S/C25H25N5O2S/c31-23(29-18-33-17-22(29)25(32)28-13-4-5-14-28)11-10-20-16-30(21-8-2-1-3-9-21)27-24(20)19-7-6-12-26-15-19/h1-3,6-12,15-16,22H,4-5,13-14,17-18H2. The first-order valence-corrected chi connectivity index (χ1v) is 12.3. The van der Waals surface area contributed by atoms with Crippen molar-refractivity contribution in [2.24, 2.45) is 0 Å². The van der Waals surface area contributed by atoms with E-state index in [2.05, 4.69) is 4.98 Å². The Labute approximate surface area is 197 Å². The summed E-state index contributed by atoms with van der Waals surface area (Å²) >= 11 is 1.63. The van der Waals surface area contributed by atoms with Gasteiger partial charge in [-0.15, -0.1) is 11.8 Å². The molecule has 0 aliphatic carbocycles. The normalized spacial score (nSPS) is 18.4. The van der Waals surface area contributed by atoms with E-state index in [1.54, 1.807) is 45.9 Å². The van der Waals surface area contributed by atoms with Crippen LogP contribution in [0, 0.1) is 0 Å². The van der Waals surface area contributed by atoms with Gasteiger partial charge in [0, 0.05) is 54.6 Å². The average molecular weight is 460 g/mol. The first-order valence-electron chi connectivity index (χ1n) is 11.1. The lowest BCUT2D eigenvalue weighted by Gasteiger charge is -2.26. The van der Waals surface area contributed by atoms with Crippen LogP contribution in [-0.4, -0.2) is 67.1 Å². The lowest BCUT2D eigenvalue weighted by Crippen LogP contribution is -2.47. The van der Waals surface area contributed by atoms with Gasteiger partial charge in [-0.1, -0.05) is 18.2 Å². The van der Waals surface area contributed by atoms with E-state index in [0.29, 0.717) is 11.6 Å². The number of pyridine rings is 1. The van der Waals surface area contributed by atoms with Crippen molar-refractivity contribution in [3.63, 3.8) is 0 Å². The average Bonchev–Trinajstić information content (AvgIpc) is 3.64. The van der Waals surface area contributed by atoms with Crippen molar-refractivity contribution in [3.8, 4) is 16.9 Å². The van der Waals surface area contributed by atoms with E-state index >= 15 is 0 Å². The second kappa shape index (κ2) is 9.62. The molecule has 0 radical (unpaired) electrons. The van der Waals surface area contributed by atoms with Crippen LogP contribution >= 0.6 is 11.8 Å². The van der Waals surface area contributed by atoms with Crippen LogP contribution in [0.4, 0.5) is 0 Å². The highest BCUT2D eigenvalue weighted by molar-refractivity contribution is 7.99. The van der Waals surface area contributed by atoms with E-state index in [-0.39, 0.29) is 17.9 Å². The SMILES string of the molecule is O=C(C1CSCN1C(=O)C=Cc1cn(-c2ccccc2)nc1-c1cccnc1)N1CCCC1. The second-order valence-electron chi connectivity index (χ2n) is 8.14. The molecule has 0 spiro atoms. The van der Waals surface area contributed by atoms with Crippen LogP contribution in [-0.2, 0) is 9.59 Å². The van der Waals surface area contributed by atoms with E-state index < -0.39 is 0 Å². The third-order valence-corrected chi connectivity index (χ3v) is 6.98. The molecule has 7 nitrogen and oxygen atoms in total. The molecule has 2 aliphatic heterocycles. The van der Waals surface area contributed by atoms with Crippen molar-refractivity contribution in [3.05, 3.63) is 72.7 Å². The van der Waals surface area contributed by atoms with Gasteiger partial charge in [-0.25, -0.2) is 4.68 Å². The highest BCUT2D eigenvalue weighted by Gasteiger charge is 2.36. The smallest absolute Gasteiger partial charge is 0.247 e. The van der Waals surface area contributed by atoms with Gasteiger partial charge in [0.1, 0.15) is 11.7 Å². The minimum Gasteiger partial charge on any atom is -0.341 e. The molecule has 2 saturated heterocycles. The predicted molar refractivity (Wildman–Crippen MR) is 130 cm³/mol. The predicted octanol–water partition coefficient (Wildman–Crippen LogP) is 3.47. The quantitative estimate of drug-likeness (QED) is 0.547. The molecule has 1 atom stereocenters. The molecule has 2 fully saturated rings. The Bertz CT molecular complexity index is 1160. The lowest BCUT2D eigenvalue weighted by molar-refractivity contribution is -0.140. The summed E-state index contributed by atoms with van der Waals surface area (Å²) in [5.74, 6) is 1.11. The van der Waals surface area contributed by atoms with E-state index in [0.717, 1.165) is 48.4 Å². The fraction of sp³-hybridized carbons (Fsp3) is 0.280. The molecule has 3 aromatic rings. The summed E-state index contributed by atoms with van der Waals surface area (Å²) in [7, 11) is 0. The summed E-state index contributed by atoms with van der Waals surface area (Å²) < 4.78 is 1.80. The number of likely N-dealkylation sites (tertiary alicyclic amines) is 1.